The third-order valence-corrected chi connectivity index (χ3v) is 3.92. The van der Waals surface area contributed by atoms with Crippen molar-refractivity contribution in [2.75, 3.05) is 0 Å². The predicted octanol–water partition coefficient (Wildman–Crippen LogP) is 1.75. The summed E-state index contributed by atoms with van der Waals surface area (Å²) in [5.41, 5.74) is 2.58. The number of carbonyl (C=O) groups excluding carboxylic acids is 1. The number of imidazole rings is 1. The van der Waals surface area contributed by atoms with Gasteiger partial charge in [0.2, 0.25) is 5.91 Å². The van der Waals surface area contributed by atoms with Crippen molar-refractivity contribution in [3.8, 4) is 0 Å². The molecule has 1 aromatic carbocycles. The minimum atomic E-state index is -0.0600. The zero-order chi connectivity index (χ0) is 14.7. The fraction of sp³-hybridized carbons (Fsp3) is 0.200. The Morgan fingerprint density at radius 2 is 2.24 bits per heavy atom. The number of nitrogens with zero attached hydrogens (tertiary/aromatic N) is 2. The van der Waals surface area contributed by atoms with Gasteiger partial charge in [-0.05, 0) is 11.1 Å². The normalized spacial score (nSPS) is 10.9. The molecule has 0 saturated heterocycles. The largest absolute Gasteiger partial charge is 0.392 e. The van der Waals surface area contributed by atoms with Crippen LogP contribution in [-0.2, 0) is 24.4 Å². The number of aliphatic hydroxyl groups is 1. The molecule has 1 amide bonds. The van der Waals surface area contributed by atoms with Crippen LogP contribution in [0.15, 0.2) is 42.0 Å². The molecule has 2 aromatic heterocycles. The summed E-state index contributed by atoms with van der Waals surface area (Å²) in [4.78, 5) is 17.2. The molecule has 0 spiro atoms. The van der Waals surface area contributed by atoms with Crippen LogP contribution in [0.5, 0.6) is 0 Å². The minimum absolute atomic E-state index is 0.00713. The van der Waals surface area contributed by atoms with E-state index in [-0.39, 0.29) is 18.9 Å². The first kappa shape index (κ1) is 13.8. The van der Waals surface area contributed by atoms with Crippen LogP contribution < -0.4 is 5.32 Å². The summed E-state index contributed by atoms with van der Waals surface area (Å²) < 4.78 is 1.91. The summed E-state index contributed by atoms with van der Waals surface area (Å²) in [6.07, 6.45) is 4.07. The van der Waals surface area contributed by atoms with E-state index in [0.717, 1.165) is 21.8 Å². The van der Waals surface area contributed by atoms with Crippen molar-refractivity contribution in [3.05, 3.63) is 58.9 Å². The highest BCUT2D eigenvalue weighted by Gasteiger charge is 2.08. The molecule has 0 atom stereocenters. The Hall–Kier alpha value is -2.18. The number of hydrogen-bond acceptors (Lipinski definition) is 4. The van der Waals surface area contributed by atoms with E-state index in [0.29, 0.717) is 6.54 Å². The van der Waals surface area contributed by atoms with Crippen LogP contribution in [0.4, 0.5) is 0 Å². The van der Waals surface area contributed by atoms with Crippen molar-refractivity contribution in [1.82, 2.24) is 14.7 Å². The molecule has 108 valence electrons. The number of thiazole rings is 1. The molecule has 6 heteroatoms. The van der Waals surface area contributed by atoms with E-state index in [1.807, 2.05) is 46.4 Å². The standard InChI is InChI=1S/C15H15N3O2S/c19-10-12-3-1-2-11(6-12)8-16-14(20)7-13-9-18-4-5-21-15(18)17-13/h1-6,9,19H,7-8,10H2,(H,16,20). The summed E-state index contributed by atoms with van der Waals surface area (Å²) in [6.45, 7) is 0.460. The number of aromatic nitrogens is 2. The first-order valence-corrected chi connectivity index (χ1v) is 7.49. The number of nitrogens with one attached hydrogen (secondary N) is 1. The first-order valence-electron chi connectivity index (χ1n) is 6.61. The SMILES string of the molecule is O=C(Cc1cn2ccsc2n1)NCc1cccc(CO)c1. The van der Waals surface area contributed by atoms with E-state index in [4.69, 9.17) is 5.11 Å². The number of rotatable bonds is 5. The molecule has 2 heterocycles. The second-order valence-electron chi connectivity index (χ2n) is 4.76. The van der Waals surface area contributed by atoms with Crippen LogP contribution in [0.1, 0.15) is 16.8 Å². The molecule has 21 heavy (non-hydrogen) atoms. The predicted molar refractivity (Wildman–Crippen MR) is 81.0 cm³/mol. The number of amides is 1. The summed E-state index contributed by atoms with van der Waals surface area (Å²) in [5, 5.41) is 13.9. The van der Waals surface area contributed by atoms with Crippen LogP contribution >= 0.6 is 11.3 Å². The summed E-state index contributed by atoms with van der Waals surface area (Å²) in [7, 11) is 0. The van der Waals surface area contributed by atoms with Crippen molar-refractivity contribution in [2.45, 2.75) is 19.6 Å². The highest BCUT2D eigenvalue weighted by molar-refractivity contribution is 7.15. The van der Waals surface area contributed by atoms with Crippen molar-refractivity contribution in [1.29, 1.82) is 0 Å². The van der Waals surface area contributed by atoms with Gasteiger partial charge in [-0.15, -0.1) is 11.3 Å². The Labute approximate surface area is 125 Å². The lowest BCUT2D eigenvalue weighted by Gasteiger charge is -2.05. The Balaban J connectivity index is 1.57. The molecule has 0 aliphatic carbocycles. The van der Waals surface area contributed by atoms with Gasteiger partial charge in [-0.1, -0.05) is 24.3 Å². The number of carbonyl (C=O) groups is 1. The second-order valence-corrected chi connectivity index (χ2v) is 5.63. The highest BCUT2D eigenvalue weighted by Crippen LogP contribution is 2.11. The Morgan fingerprint density at radius 3 is 3.05 bits per heavy atom. The number of aliphatic hydroxyl groups excluding tert-OH is 1. The maximum Gasteiger partial charge on any atom is 0.226 e. The van der Waals surface area contributed by atoms with Crippen molar-refractivity contribution < 1.29 is 9.90 Å². The Bertz CT molecular complexity index is 734. The zero-order valence-corrected chi connectivity index (χ0v) is 12.1. The number of fused-ring (bicyclic) bond motifs is 1. The zero-order valence-electron chi connectivity index (χ0n) is 11.3. The van der Waals surface area contributed by atoms with Crippen LogP contribution in [0, 0.1) is 0 Å². The van der Waals surface area contributed by atoms with Gasteiger partial charge in [-0.3, -0.25) is 9.20 Å². The molecule has 0 aliphatic heterocycles. The maximum atomic E-state index is 11.9. The van der Waals surface area contributed by atoms with Gasteiger partial charge in [0.1, 0.15) is 0 Å². The van der Waals surface area contributed by atoms with E-state index < -0.39 is 0 Å². The van der Waals surface area contributed by atoms with Gasteiger partial charge in [0.05, 0.1) is 18.7 Å². The lowest BCUT2D eigenvalue weighted by atomic mass is 10.1. The van der Waals surface area contributed by atoms with Gasteiger partial charge in [0.25, 0.3) is 0 Å². The molecule has 3 rings (SSSR count). The lowest BCUT2D eigenvalue weighted by Crippen LogP contribution is -2.24. The summed E-state index contributed by atoms with van der Waals surface area (Å²) >= 11 is 1.55. The van der Waals surface area contributed by atoms with E-state index in [1.165, 1.54) is 0 Å². The molecule has 0 fully saturated rings. The van der Waals surface area contributed by atoms with Gasteiger partial charge in [-0.2, -0.15) is 0 Å². The third kappa shape index (κ3) is 3.29. The summed E-state index contributed by atoms with van der Waals surface area (Å²) in [5.74, 6) is -0.0600. The van der Waals surface area contributed by atoms with E-state index in [2.05, 4.69) is 10.3 Å². The van der Waals surface area contributed by atoms with Crippen molar-refractivity contribution in [2.24, 2.45) is 0 Å². The van der Waals surface area contributed by atoms with Crippen molar-refractivity contribution in [3.63, 3.8) is 0 Å². The quantitative estimate of drug-likeness (QED) is 0.754. The fourth-order valence-electron chi connectivity index (χ4n) is 2.13. The molecule has 2 N–H and O–H groups in total. The molecule has 0 radical (unpaired) electrons. The van der Waals surface area contributed by atoms with Gasteiger partial charge in [0, 0.05) is 24.3 Å². The molecular weight excluding hydrogens is 286 g/mol. The van der Waals surface area contributed by atoms with Gasteiger partial charge in [-0.25, -0.2) is 4.98 Å². The maximum absolute atomic E-state index is 11.9. The van der Waals surface area contributed by atoms with E-state index in [9.17, 15) is 4.79 Å². The van der Waals surface area contributed by atoms with E-state index >= 15 is 0 Å². The van der Waals surface area contributed by atoms with Gasteiger partial charge < -0.3 is 10.4 Å². The molecule has 0 saturated carbocycles. The van der Waals surface area contributed by atoms with Crippen LogP contribution in [-0.4, -0.2) is 20.4 Å². The minimum Gasteiger partial charge on any atom is -0.392 e. The molecule has 0 bridgehead atoms. The van der Waals surface area contributed by atoms with Crippen LogP contribution in [0.3, 0.4) is 0 Å². The fourth-order valence-corrected chi connectivity index (χ4v) is 2.85. The smallest absolute Gasteiger partial charge is 0.226 e. The van der Waals surface area contributed by atoms with E-state index in [1.54, 1.807) is 11.3 Å². The Kier molecular flexibility index (Phi) is 3.98. The second kappa shape index (κ2) is 6.07. The first-order chi connectivity index (χ1) is 10.2. The van der Waals surface area contributed by atoms with Crippen LogP contribution in [0.25, 0.3) is 4.96 Å². The number of benzene rings is 1. The molecular formula is C15H15N3O2S. The monoisotopic (exact) mass is 301 g/mol. The average molecular weight is 301 g/mol. The summed E-state index contributed by atoms with van der Waals surface area (Å²) in [6, 6.07) is 7.53. The lowest BCUT2D eigenvalue weighted by molar-refractivity contribution is -0.120. The highest BCUT2D eigenvalue weighted by atomic mass is 32.1. The van der Waals surface area contributed by atoms with Crippen molar-refractivity contribution >= 4 is 22.2 Å². The Morgan fingerprint density at radius 1 is 1.38 bits per heavy atom. The van der Waals surface area contributed by atoms with Crippen LogP contribution in [0.2, 0.25) is 0 Å². The topological polar surface area (TPSA) is 66.6 Å². The molecule has 0 aliphatic rings. The third-order valence-electron chi connectivity index (χ3n) is 3.15. The van der Waals surface area contributed by atoms with Gasteiger partial charge in [0.15, 0.2) is 4.96 Å². The average Bonchev–Trinajstić information content (AvgIpc) is 3.06. The molecule has 3 aromatic rings. The molecule has 5 nitrogen and oxygen atoms in total. The van der Waals surface area contributed by atoms with Gasteiger partial charge >= 0.3 is 0 Å². The molecule has 0 unspecified atom stereocenters. The number of hydrogen-bond donors (Lipinski definition) is 2.